The number of carbonyl (C=O) groups is 2. The average Bonchev–Trinajstić information content (AvgIpc) is 2.72. The van der Waals surface area contributed by atoms with Crippen LogP contribution in [-0.4, -0.2) is 46.3 Å². The molecule has 0 bridgehead atoms. The molecular weight excluding hydrogens is 476 g/mol. The van der Waals surface area contributed by atoms with Crippen molar-refractivity contribution in [1.29, 1.82) is 0 Å². The summed E-state index contributed by atoms with van der Waals surface area (Å²) in [4.78, 5) is 25.0. The number of esters is 2. The minimum atomic E-state index is -0.0591. The van der Waals surface area contributed by atoms with Gasteiger partial charge in [-0.1, -0.05) is 53.4 Å². The molecule has 2 N–H and O–H groups in total. The second-order valence-corrected chi connectivity index (χ2v) is 14.8. The Morgan fingerprint density at radius 3 is 1.24 bits per heavy atom. The maximum atomic E-state index is 12.5. The van der Waals surface area contributed by atoms with E-state index < -0.39 is 0 Å². The minimum Gasteiger partial charge on any atom is -0.462 e. The molecule has 0 radical (unpaired) electrons. The van der Waals surface area contributed by atoms with E-state index in [1.165, 1.54) is 0 Å². The van der Waals surface area contributed by atoms with Crippen LogP contribution in [0.3, 0.4) is 0 Å². The van der Waals surface area contributed by atoms with E-state index in [0.29, 0.717) is 24.7 Å². The van der Waals surface area contributed by atoms with E-state index in [9.17, 15) is 9.59 Å². The summed E-state index contributed by atoms with van der Waals surface area (Å²) < 4.78 is 11.8. The zero-order valence-electron chi connectivity index (χ0n) is 26.4. The first-order valence-corrected chi connectivity index (χ1v) is 15.4. The van der Waals surface area contributed by atoms with Gasteiger partial charge < -0.3 is 20.1 Å². The van der Waals surface area contributed by atoms with Crippen molar-refractivity contribution in [3.63, 3.8) is 0 Å². The van der Waals surface area contributed by atoms with Gasteiger partial charge in [0, 0.05) is 60.7 Å². The summed E-state index contributed by atoms with van der Waals surface area (Å²) in [5.41, 5.74) is -0.100. The molecule has 0 amide bonds. The molecule has 2 rings (SSSR count). The molecule has 0 saturated carbocycles. The van der Waals surface area contributed by atoms with Crippen molar-refractivity contribution in [3.05, 3.63) is 0 Å². The highest BCUT2D eigenvalue weighted by Gasteiger charge is 2.44. The molecule has 2 heterocycles. The highest BCUT2D eigenvalue weighted by atomic mass is 16.5. The predicted octanol–water partition coefficient (Wildman–Crippen LogP) is 7.08. The van der Waals surface area contributed by atoms with Crippen LogP contribution in [0, 0.1) is 11.8 Å². The van der Waals surface area contributed by atoms with Gasteiger partial charge in [-0.3, -0.25) is 9.59 Å². The van der Waals surface area contributed by atoms with Gasteiger partial charge in [0.2, 0.25) is 0 Å². The van der Waals surface area contributed by atoms with Crippen molar-refractivity contribution in [2.75, 3.05) is 0 Å². The molecule has 4 atom stereocenters. The molecule has 0 aromatic rings. The van der Waals surface area contributed by atoms with Gasteiger partial charge in [-0.25, -0.2) is 0 Å². The summed E-state index contributed by atoms with van der Waals surface area (Å²) >= 11 is 0. The number of piperidine rings is 2. The normalized spacial score (nSPS) is 30.8. The number of hydrogen-bond acceptors (Lipinski definition) is 6. The third-order valence-electron chi connectivity index (χ3n) is 9.18. The van der Waals surface area contributed by atoms with Crippen LogP contribution in [0.25, 0.3) is 0 Å². The Morgan fingerprint density at radius 2 is 0.921 bits per heavy atom. The molecule has 0 aliphatic carbocycles. The lowest BCUT2D eigenvalue weighted by Crippen LogP contribution is -2.63. The van der Waals surface area contributed by atoms with E-state index in [0.717, 1.165) is 64.2 Å². The van der Waals surface area contributed by atoms with Gasteiger partial charge in [-0.05, 0) is 66.2 Å². The highest BCUT2D eigenvalue weighted by Crippen LogP contribution is 2.36. The first-order valence-electron chi connectivity index (χ1n) is 15.4. The summed E-state index contributed by atoms with van der Waals surface area (Å²) in [6.45, 7) is 22.2. The Labute approximate surface area is 234 Å². The van der Waals surface area contributed by atoms with Crippen LogP contribution in [0.4, 0.5) is 0 Å². The Bertz CT molecular complexity index is 713. The van der Waals surface area contributed by atoms with Crippen molar-refractivity contribution in [2.24, 2.45) is 11.8 Å². The molecule has 2 saturated heterocycles. The van der Waals surface area contributed by atoms with Crippen LogP contribution < -0.4 is 10.6 Å². The van der Waals surface area contributed by atoms with Crippen molar-refractivity contribution in [1.82, 2.24) is 10.6 Å². The molecule has 0 spiro atoms. The number of rotatable bonds is 13. The highest BCUT2D eigenvalue weighted by molar-refractivity contribution is 5.69. The van der Waals surface area contributed by atoms with Gasteiger partial charge in [-0.2, -0.15) is 0 Å². The molecule has 38 heavy (non-hydrogen) atoms. The number of unbranched alkanes of at least 4 members (excludes halogenated alkanes) is 5. The third-order valence-corrected chi connectivity index (χ3v) is 9.18. The summed E-state index contributed by atoms with van der Waals surface area (Å²) in [5.74, 6) is 0.831. The maximum absolute atomic E-state index is 12.5. The standard InChI is InChI=1S/C32H60N2O4/c1-23(2)31(9)21-25(19-29(5,6)33-31)37-27(35)17-15-13-11-12-14-16-18-28(36)38-26-20-30(7,8)34-32(10,22-26)24(3)4/h23-26,33-34H,11-22H2,1-10H3. The number of nitrogens with one attached hydrogen (secondary N) is 2. The SMILES string of the molecule is CC(C)C1(C)CC(OC(=O)CCCCCCCCC(=O)OC2CC(C)(C)NC(C)(C(C)C)C2)CC(C)(C)N1. The van der Waals surface area contributed by atoms with Crippen molar-refractivity contribution in [2.45, 2.75) is 181 Å². The number of hydrogen-bond donors (Lipinski definition) is 2. The lowest BCUT2D eigenvalue weighted by Gasteiger charge is -2.49. The van der Waals surface area contributed by atoms with Crippen LogP contribution in [0.2, 0.25) is 0 Å². The smallest absolute Gasteiger partial charge is 0.306 e. The molecule has 6 nitrogen and oxygen atoms in total. The quantitative estimate of drug-likeness (QED) is 0.193. The second kappa shape index (κ2) is 13.5. The zero-order chi connectivity index (χ0) is 28.8. The van der Waals surface area contributed by atoms with Gasteiger partial charge in [0.1, 0.15) is 12.2 Å². The molecule has 0 aromatic heterocycles. The van der Waals surface area contributed by atoms with Gasteiger partial charge in [0.25, 0.3) is 0 Å². The summed E-state index contributed by atoms with van der Waals surface area (Å²) in [6.07, 6.45) is 10.4. The minimum absolute atomic E-state index is 0.0130. The Kier molecular flexibility index (Phi) is 11.7. The van der Waals surface area contributed by atoms with E-state index in [4.69, 9.17) is 9.47 Å². The van der Waals surface area contributed by atoms with E-state index >= 15 is 0 Å². The number of carbonyl (C=O) groups excluding carboxylic acids is 2. The largest absolute Gasteiger partial charge is 0.462 e. The summed E-state index contributed by atoms with van der Waals surface area (Å²) in [7, 11) is 0. The van der Waals surface area contributed by atoms with E-state index in [-0.39, 0.29) is 46.3 Å². The van der Waals surface area contributed by atoms with Crippen molar-refractivity contribution >= 4 is 11.9 Å². The monoisotopic (exact) mass is 536 g/mol. The Morgan fingerprint density at radius 1 is 0.605 bits per heavy atom. The van der Waals surface area contributed by atoms with Crippen molar-refractivity contribution < 1.29 is 19.1 Å². The van der Waals surface area contributed by atoms with Crippen LogP contribution in [-0.2, 0) is 19.1 Å². The van der Waals surface area contributed by atoms with Crippen LogP contribution in [0.5, 0.6) is 0 Å². The fourth-order valence-corrected chi connectivity index (χ4v) is 6.64. The lowest BCUT2D eigenvalue weighted by atomic mass is 9.74. The van der Waals surface area contributed by atoms with Crippen LogP contribution >= 0.6 is 0 Å². The van der Waals surface area contributed by atoms with Gasteiger partial charge in [-0.15, -0.1) is 0 Å². The van der Waals surface area contributed by atoms with Gasteiger partial charge in [0.15, 0.2) is 0 Å². The van der Waals surface area contributed by atoms with Crippen LogP contribution in [0.15, 0.2) is 0 Å². The summed E-state index contributed by atoms with van der Waals surface area (Å²) in [5, 5.41) is 7.53. The maximum Gasteiger partial charge on any atom is 0.306 e. The topological polar surface area (TPSA) is 76.7 Å². The molecule has 2 fully saturated rings. The molecular formula is C32H60N2O4. The Hall–Kier alpha value is -1.14. The molecule has 4 unspecified atom stereocenters. The van der Waals surface area contributed by atoms with Gasteiger partial charge in [0.05, 0.1) is 0 Å². The predicted molar refractivity (Wildman–Crippen MR) is 156 cm³/mol. The average molecular weight is 537 g/mol. The molecule has 6 heteroatoms. The summed E-state index contributed by atoms with van der Waals surface area (Å²) in [6, 6.07) is 0. The molecule has 0 aromatic carbocycles. The first-order chi connectivity index (χ1) is 17.5. The molecule has 2 aliphatic rings. The van der Waals surface area contributed by atoms with E-state index in [1.807, 2.05) is 0 Å². The fourth-order valence-electron chi connectivity index (χ4n) is 6.64. The van der Waals surface area contributed by atoms with Gasteiger partial charge >= 0.3 is 11.9 Å². The lowest BCUT2D eigenvalue weighted by molar-refractivity contribution is -0.155. The van der Waals surface area contributed by atoms with E-state index in [1.54, 1.807) is 0 Å². The fraction of sp³-hybridized carbons (Fsp3) is 0.938. The molecule has 2 aliphatic heterocycles. The van der Waals surface area contributed by atoms with E-state index in [2.05, 4.69) is 79.9 Å². The first kappa shape index (κ1) is 33.1. The zero-order valence-corrected chi connectivity index (χ0v) is 26.4. The molecule has 222 valence electrons. The third kappa shape index (κ3) is 10.4. The Balaban J connectivity index is 1.58. The van der Waals surface area contributed by atoms with Crippen molar-refractivity contribution in [3.8, 4) is 0 Å². The number of ether oxygens (including phenoxy) is 2. The van der Waals surface area contributed by atoms with Crippen LogP contribution in [0.1, 0.15) is 146 Å². The second-order valence-electron chi connectivity index (χ2n) is 14.8.